The van der Waals surface area contributed by atoms with E-state index in [0.29, 0.717) is 0 Å². The average Bonchev–Trinajstić information content (AvgIpc) is 2.76. The second kappa shape index (κ2) is 9.17. The Labute approximate surface area is 167 Å². The SMILES string of the molecule is OC1CCN(c2ccnc(N3CCN(C/C=C/c4ccccc4)CC3)n2)CC1. The molecule has 2 aliphatic heterocycles. The number of aromatic nitrogens is 2. The first-order chi connectivity index (χ1) is 13.8. The third-order valence-electron chi connectivity index (χ3n) is 5.55. The van der Waals surface area contributed by atoms with E-state index in [0.717, 1.165) is 70.4 Å². The van der Waals surface area contributed by atoms with Crippen molar-refractivity contribution < 1.29 is 5.11 Å². The molecule has 2 aromatic rings. The van der Waals surface area contributed by atoms with E-state index >= 15 is 0 Å². The van der Waals surface area contributed by atoms with Gasteiger partial charge in [0.2, 0.25) is 5.95 Å². The topological polar surface area (TPSA) is 55.7 Å². The normalized spacial score (nSPS) is 19.5. The third-order valence-corrected chi connectivity index (χ3v) is 5.55. The van der Waals surface area contributed by atoms with Crippen LogP contribution in [0.2, 0.25) is 0 Å². The van der Waals surface area contributed by atoms with Gasteiger partial charge in [-0.25, -0.2) is 4.98 Å². The van der Waals surface area contributed by atoms with E-state index in [2.05, 4.69) is 56.1 Å². The van der Waals surface area contributed by atoms with Crippen LogP contribution < -0.4 is 9.80 Å². The summed E-state index contributed by atoms with van der Waals surface area (Å²) < 4.78 is 0. The van der Waals surface area contributed by atoms with Crippen LogP contribution in [-0.2, 0) is 0 Å². The van der Waals surface area contributed by atoms with E-state index in [1.54, 1.807) is 0 Å². The molecule has 1 N–H and O–H groups in total. The molecule has 6 nitrogen and oxygen atoms in total. The molecule has 1 aromatic carbocycles. The molecule has 1 aromatic heterocycles. The number of hydrogen-bond donors (Lipinski definition) is 1. The lowest BCUT2D eigenvalue weighted by molar-refractivity contribution is 0.145. The van der Waals surface area contributed by atoms with Crippen LogP contribution >= 0.6 is 0 Å². The Morgan fingerprint density at radius 1 is 0.929 bits per heavy atom. The molecule has 0 atom stereocenters. The monoisotopic (exact) mass is 379 g/mol. The summed E-state index contributed by atoms with van der Waals surface area (Å²) in [4.78, 5) is 16.3. The summed E-state index contributed by atoms with van der Waals surface area (Å²) in [5, 5.41) is 9.71. The number of aliphatic hydroxyl groups excluding tert-OH is 1. The quantitative estimate of drug-likeness (QED) is 0.860. The minimum absolute atomic E-state index is 0.165. The Morgan fingerprint density at radius 2 is 1.68 bits per heavy atom. The van der Waals surface area contributed by atoms with Crippen molar-refractivity contribution in [2.45, 2.75) is 18.9 Å². The van der Waals surface area contributed by atoms with Gasteiger partial charge in [-0.05, 0) is 24.5 Å². The van der Waals surface area contributed by atoms with E-state index in [9.17, 15) is 5.11 Å². The zero-order valence-corrected chi connectivity index (χ0v) is 16.3. The summed E-state index contributed by atoms with van der Waals surface area (Å²) in [5.41, 5.74) is 1.25. The standard InChI is InChI=1S/C22H29N5O/c28-20-9-13-26(14-10-20)21-8-11-23-22(24-21)27-17-15-25(16-18-27)12-4-7-19-5-2-1-3-6-19/h1-8,11,20,28H,9-10,12-18H2/b7-4+. The van der Waals surface area contributed by atoms with Gasteiger partial charge < -0.3 is 14.9 Å². The van der Waals surface area contributed by atoms with Crippen LogP contribution in [0, 0.1) is 0 Å². The van der Waals surface area contributed by atoms with Crippen molar-refractivity contribution in [3.63, 3.8) is 0 Å². The number of hydrogen-bond acceptors (Lipinski definition) is 6. The molecule has 0 bridgehead atoms. The zero-order chi connectivity index (χ0) is 19.2. The van der Waals surface area contributed by atoms with E-state index in [4.69, 9.17) is 4.98 Å². The molecule has 28 heavy (non-hydrogen) atoms. The number of rotatable bonds is 5. The van der Waals surface area contributed by atoms with Gasteiger partial charge in [-0.15, -0.1) is 0 Å². The molecule has 0 aliphatic carbocycles. The maximum absolute atomic E-state index is 9.71. The molecule has 3 heterocycles. The summed E-state index contributed by atoms with van der Waals surface area (Å²) in [6, 6.07) is 12.4. The zero-order valence-electron chi connectivity index (χ0n) is 16.3. The van der Waals surface area contributed by atoms with Crippen molar-refractivity contribution >= 4 is 17.8 Å². The van der Waals surface area contributed by atoms with Crippen LogP contribution in [0.3, 0.4) is 0 Å². The van der Waals surface area contributed by atoms with Crippen LogP contribution in [0.15, 0.2) is 48.7 Å². The summed E-state index contributed by atoms with van der Waals surface area (Å²) in [5.74, 6) is 1.80. The highest BCUT2D eigenvalue weighted by molar-refractivity contribution is 5.49. The molecule has 2 saturated heterocycles. The van der Waals surface area contributed by atoms with Crippen molar-refractivity contribution in [3.8, 4) is 0 Å². The molecule has 0 amide bonds. The molecule has 2 aliphatic rings. The maximum Gasteiger partial charge on any atom is 0.227 e. The van der Waals surface area contributed by atoms with Crippen LogP contribution in [0.25, 0.3) is 6.08 Å². The van der Waals surface area contributed by atoms with E-state index in [1.165, 1.54) is 5.56 Å². The minimum atomic E-state index is -0.165. The fourth-order valence-electron chi connectivity index (χ4n) is 3.80. The Balaban J connectivity index is 1.29. The van der Waals surface area contributed by atoms with Gasteiger partial charge >= 0.3 is 0 Å². The number of benzene rings is 1. The third kappa shape index (κ3) is 4.88. The van der Waals surface area contributed by atoms with Crippen LogP contribution in [0.1, 0.15) is 18.4 Å². The fourth-order valence-corrected chi connectivity index (χ4v) is 3.80. The maximum atomic E-state index is 9.71. The molecular formula is C22H29N5O. The van der Waals surface area contributed by atoms with Crippen molar-refractivity contribution in [3.05, 3.63) is 54.2 Å². The molecular weight excluding hydrogens is 350 g/mol. The fraction of sp³-hybridized carbons (Fsp3) is 0.455. The predicted octanol–water partition coefficient (Wildman–Crippen LogP) is 2.27. The number of piperidine rings is 1. The van der Waals surface area contributed by atoms with Crippen molar-refractivity contribution in [2.75, 3.05) is 55.6 Å². The van der Waals surface area contributed by atoms with E-state index in [1.807, 2.05) is 18.3 Å². The molecule has 0 radical (unpaired) electrons. The van der Waals surface area contributed by atoms with Gasteiger partial charge in [-0.2, -0.15) is 4.98 Å². The molecule has 4 rings (SSSR count). The molecule has 2 fully saturated rings. The summed E-state index contributed by atoms with van der Waals surface area (Å²) >= 11 is 0. The first-order valence-electron chi connectivity index (χ1n) is 10.2. The Morgan fingerprint density at radius 3 is 2.43 bits per heavy atom. The number of anilines is 2. The Kier molecular flexibility index (Phi) is 6.19. The van der Waals surface area contributed by atoms with E-state index in [-0.39, 0.29) is 6.10 Å². The summed E-state index contributed by atoms with van der Waals surface area (Å²) in [7, 11) is 0. The highest BCUT2D eigenvalue weighted by atomic mass is 16.3. The molecule has 148 valence electrons. The highest BCUT2D eigenvalue weighted by Gasteiger charge is 2.21. The summed E-state index contributed by atoms with van der Waals surface area (Å²) in [6.07, 6.45) is 7.75. The van der Waals surface area contributed by atoms with Gasteiger partial charge in [0.15, 0.2) is 0 Å². The minimum Gasteiger partial charge on any atom is -0.393 e. The number of piperazine rings is 1. The lowest BCUT2D eigenvalue weighted by Crippen LogP contribution is -2.47. The van der Waals surface area contributed by atoms with Crippen LogP contribution in [0.5, 0.6) is 0 Å². The van der Waals surface area contributed by atoms with Crippen LogP contribution in [0.4, 0.5) is 11.8 Å². The van der Waals surface area contributed by atoms with Gasteiger partial charge in [-0.3, -0.25) is 4.90 Å². The average molecular weight is 380 g/mol. The van der Waals surface area contributed by atoms with Crippen molar-refractivity contribution in [1.29, 1.82) is 0 Å². The smallest absolute Gasteiger partial charge is 0.227 e. The molecule has 0 unspecified atom stereocenters. The summed E-state index contributed by atoms with van der Waals surface area (Å²) in [6.45, 7) is 6.62. The lowest BCUT2D eigenvalue weighted by atomic mass is 10.1. The lowest BCUT2D eigenvalue weighted by Gasteiger charge is -2.35. The Bertz CT molecular complexity index is 766. The van der Waals surface area contributed by atoms with Gasteiger partial charge in [0.1, 0.15) is 5.82 Å². The Hall–Kier alpha value is -2.44. The van der Waals surface area contributed by atoms with Crippen LogP contribution in [-0.4, -0.2) is 71.9 Å². The second-order valence-electron chi connectivity index (χ2n) is 7.53. The molecule has 0 saturated carbocycles. The largest absolute Gasteiger partial charge is 0.393 e. The highest BCUT2D eigenvalue weighted by Crippen LogP contribution is 2.20. The number of nitrogens with zero attached hydrogens (tertiary/aromatic N) is 5. The van der Waals surface area contributed by atoms with Gasteiger partial charge in [0.05, 0.1) is 6.10 Å². The van der Waals surface area contributed by atoms with Crippen molar-refractivity contribution in [2.24, 2.45) is 0 Å². The van der Waals surface area contributed by atoms with Crippen molar-refractivity contribution in [1.82, 2.24) is 14.9 Å². The first kappa shape index (κ1) is 18.9. The van der Waals surface area contributed by atoms with Gasteiger partial charge in [0, 0.05) is 52.0 Å². The molecule has 6 heteroatoms. The van der Waals surface area contributed by atoms with Gasteiger partial charge in [-0.1, -0.05) is 42.5 Å². The second-order valence-corrected chi connectivity index (χ2v) is 7.53. The number of aliphatic hydroxyl groups is 1. The van der Waals surface area contributed by atoms with Gasteiger partial charge in [0.25, 0.3) is 0 Å². The predicted molar refractivity (Wildman–Crippen MR) is 114 cm³/mol. The first-order valence-corrected chi connectivity index (χ1v) is 10.2. The van der Waals surface area contributed by atoms with E-state index < -0.39 is 0 Å². The molecule has 0 spiro atoms.